The monoisotopic (exact) mass is 433 g/mol. The number of aromatic nitrogens is 4. The van der Waals surface area contributed by atoms with Crippen LogP contribution in [0.2, 0.25) is 5.02 Å². The highest BCUT2D eigenvalue weighted by Crippen LogP contribution is 2.31. The van der Waals surface area contributed by atoms with E-state index < -0.39 is 11.9 Å². The summed E-state index contributed by atoms with van der Waals surface area (Å²) in [5.74, 6) is 0.466. The topological polar surface area (TPSA) is 96.0 Å². The molecule has 1 saturated carbocycles. The SMILES string of the molecule is COCC(O)CC1CCCC(Nc2nc(-c3c[nH]c4ncc(Cl)cc34)ncc2F)C1. The molecule has 3 atom stereocenters. The van der Waals surface area contributed by atoms with Crippen LogP contribution in [0.25, 0.3) is 22.4 Å². The van der Waals surface area contributed by atoms with E-state index >= 15 is 0 Å². The van der Waals surface area contributed by atoms with Gasteiger partial charge in [-0.2, -0.15) is 0 Å². The van der Waals surface area contributed by atoms with Gasteiger partial charge < -0.3 is 20.1 Å². The Morgan fingerprint density at radius 1 is 1.37 bits per heavy atom. The van der Waals surface area contributed by atoms with Crippen molar-refractivity contribution in [1.82, 2.24) is 19.9 Å². The molecule has 0 radical (unpaired) electrons. The average Bonchev–Trinajstić information content (AvgIpc) is 3.13. The van der Waals surface area contributed by atoms with Gasteiger partial charge in [0.05, 0.1) is 23.9 Å². The molecule has 1 aliphatic rings. The molecule has 0 spiro atoms. The molecule has 4 rings (SSSR count). The zero-order valence-corrected chi connectivity index (χ0v) is 17.5. The quantitative estimate of drug-likeness (QED) is 0.517. The molecule has 1 fully saturated rings. The Morgan fingerprint density at radius 2 is 2.23 bits per heavy atom. The van der Waals surface area contributed by atoms with Crippen LogP contribution in [-0.2, 0) is 4.74 Å². The first-order valence-electron chi connectivity index (χ1n) is 10.1. The van der Waals surface area contributed by atoms with Gasteiger partial charge in [-0.25, -0.2) is 19.3 Å². The van der Waals surface area contributed by atoms with Gasteiger partial charge in [0.15, 0.2) is 17.5 Å². The van der Waals surface area contributed by atoms with Crippen LogP contribution in [-0.4, -0.2) is 50.9 Å². The lowest BCUT2D eigenvalue weighted by Crippen LogP contribution is -2.30. The number of aromatic amines is 1. The summed E-state index contributed by atoms with van der Waals surface area (Å²) in [4.78, 5) is 15.9. The molecule has 0 aliphatic heterocycles. The van der Waals surface area contributed by atoms with E-state index in [9.17, 15) is 9.50 Å². The first-order valence-corrected chi connectivity index (χ1v) is 10.5. The van der Waals surface area contributed by atoms with Crippen molar-refractivity contribution in [3.63, 3.8) is 0 Å². The van der Waals surface area contributed by atoms with Gasteiger partial charge in [0.2, 0.25) is 0 Å². The molecule has 7 nitrogen and oxygen atoms in total. The molecule has 160 valence electrons. The van der Waals surface area contributed by atoms with E-state index in [0.717, 1.165) is 31.1 Å². The third kappa shape index (κ3) is 4.71. The zero-order valence-electron chi connectivity index (χ0n) is 16.7. The molecule has 0 bridgehead atoms. The minimum Gasteiger partial charge on any atom is -0.391 e. The number of aliphatic hydroxyl groups is 1. The van der Waals surface area contributed by atoms with Crippen LogP contribution in [0, 0.1) is 11.7 Å². The maximum absolute atomic E-state index is 14.5. The van der Waals surface area contributed by atoms with Crippen LogP contribution in [0.4, 0.5) is 10.2 Å². The molecule has 3 N–H and O–H groups in total. The maximum atomic E-state index is 14.5. The number of hydrogen-bond donors (Lipinski definition) is 3. The second-order valence-corrected chi connectivity index (χ2v) is 8.30. The molecule has 3 aromatic heterocycles. The Hall–Kier alpha value is -2.29. The van der Waals surface area contributed by atoms with Crippen LogP contribution in [0.15, 0.2) is 24.7 Å². The van der Waals surface area contributed by atoms with E-state index in [4.69, 9.17) is 16.3 Å². The molecule has 30 heavy (non-hydrogen) atoms. The van der Waals surface area contributed by atoms with Crippen LogP contribution in [0.1, 0.15) is 32.1 Å². The maximum Gasteiger partial charge on any atom is 0.183 e. The summed E-state index contributed by atoms with van der Waals surface area (Å²) < 4.78 is 19.5. The summed E-state index contributed by atoms with van der Waals surface area (Å²) in [5, 5.41) is 14.6. The van der Waals surface area contributed by atoms with E-state index in [1.54, 1.807) is 25.6 Å². The van der Waals surface area contributed by atoms with E-state index in [1.165, 1.54) is 6.20 Å². The van der Waals surface area contributed by atoms with Gasteiger partial charge in [0.25, 0.3) is 0 Å². The summed E-state index contributed by atoms with van der Waals surface area (Å²) in [6.07, 6.45) is 8.58. The smallest absolute Gasteiger partial charge is 0.183 e. The molecule has 0 aromatic carbocycles. The molecular weight excluding hydrogens is 409 g/mol. The fourth-order valence-corrected chi connectivity index (χ4v) is 4.39. The van der Waals surface area contributed by atoms with Gasteiger partial charge in [-0.15, -0.1) is 0 Å². The highest BCUT2D eigenvalue weighted by molar-refractivity contribution is 6.31. The number of nitrogens with one attached hydrogen (secondary N) is 2. The first kappa shape index (κ1) is 21.0. The largest absolute Gasteiger partial charge is 0.391 e. The molecule has 1 aliphatic carbocycles. The number of methoxy groups -OCH3 is 1. The highest BCUT2D eigenvalue weighted by Gasteiger charge is 2.25. The molecule has 3 aromatic rings. The van der Waals surface area contributed by atoms with Gasteiger partial charge in [0, 0.05) is 36.5 Å². The number of rotatable bonds is 7. The number of halogens is 2. The van der Waals surface area contributed by atoms with E-state index in [-0.39, 0.29) is 11.9 Å². The van der Waals surface area contributed by atoms with Crippen molar-refractivity contribution in [3.8, 4) is 11.4 Å². The summed E-state index contributed by atoms with van der Waals surface area (Å²) in [7, 11) is 1.58. The van der Waals surface area contributed by atoms with Gasteiger partial charge in [0.1, 0.15) is 5.65 Å². The number of fused-ring (bicyclic) bond motifs is 1. The molecule has 3 unspecified atom stereocenters. The average molecular weight is 434 g/mol. The second kappa shape index (κ2) is 9.24. The molecule has 0 saturated heterocycles. The number of pyridine rings is 1. The molecule has 0 amide bonds. The fraction of sp³-hybridized carbons (Fsp3) is 0.476. The highest BCUT2D eigenvalue weighted by atomic mass is 35.5. The summed E-state index contributed by atoms with van der Waals surface area (Å²) >= 11 is 6.07. The van der Waals surface area contributed by atoms with E-state index in [1.807, 2.05) is 0 Å². The van der Waals surface area contributed by atoms with Gasteiger partial charge >= 0.3 is 0 Å². The Balaban J connectivity index is 1.51. The number of hydrogen-bond acceptors (Lipinski definition) is 6. The lowest BCUT2D eigenvalue weighted by molar-refractivity contribution is 0.0434. The Kier molecular flexibility index (Phi) is 6.46. The van der Waals surface area contributed by atoms with Gasteiger partial charge in [-0.1, -0.05) is 24.4 Å². The van der Waals surface area contributed by atoms with Crippen LogP contribution < -0.4 is 5.32 Å². The zero-order chi connectivity index (χ0) is 21.1. The summed E-state index contributed by atoms with van der Waals surface area (Å²) in [6.45, 7) is 0.335. The number of ether oxygens (including phenoxy) is 1. The van der Waals surface area contributed by atoms with Crippen LogP contribution in [0.3, 0.4) is 0 Å². The first-order chi connectivity index (χ1) is 14.5. The number of aliphatic hydroxyl groups excluding tert-OH is 1. The Labute approximate surface area is 179 Å². The third-order valence-corrected chi connectivity index (χ3v) is 5.78. The fourth-order valence-electron chi connectivity index (χ4n) is 4.24. The summed E-state index contributed by atoms with van der Waals surface area (Å²) in [6, 6.07) is 1.88. The van der Waals surface area contributed by atoms with Gasteiger partial charge in [-0.05, 0) is 31.2 Å². The van der Waals surface area contributed by atoms with Crippen molar-refractivity contribution < 1.29 is 14.2 Å². The Morgan fingerprint density at radius 3 is 3.07 bits per heavy atom. The van der Waals surface area contributed by atoms with Gasteiger partial charge in [-0.3, -0.25) is 0 Å². The molecule has 3 heterocycles. The van der Waals surface area contributed by atoms with E-state index in [0.29, 0.717) is 41.0 Å². The van der Waals surface area contributed by atoms with Crippen molar-refractivity contribution in [2.75, 3.05) is 19.0 Å². The minimum absolute atomic E-state index is 0.0924. The predicted molar refractivity (Wildman–Crippen MR) is 114 cm³/mol. The lowest BCUT2D eigenvalue weighted by atomic mass is 9.82. The molecule has 9 heteroatoms. The third-order valence-electron chi connectivity index (χ3n) is 5.57. The van der Waals surface area contributed by atoms with Crippen LogP contribution >= 0.6 is 11.6 Å². The van der Waals surface area contributed by atoms with Crippen LogP contribution in [0.5, 0.6) is 0 Å². The normalized spacial score (nSPS) is 20.4. The predicted octanol–water partition coefficient (Wildman–Crippen LogP) is 4.18. The number of anilines is 1. The van der Waals surface area contributed by atoms with Crippen molar-refractivity contribution in [3.05, 3.63) is 35.5 Å². The van der Waals surface area contributed by atoms with Crippen molar-refractivity contribution in [2.24, 2.45) is 5.92 Å². The Bertz CT molecular complexity index is 1010. The number of nitrogens with zero attached hydrogens (tertiary/aromatic N) is 3. The van der Waals surface area contributed by atoms with E-state index in [2.05, 4.69) is 25.3 Å². The van der Waals surface area contributed by atoms with Crippen molar-refractivity contribution >= 4 is 28.5 Å². The molecular formula is C21H25ClFN5O2. The standard InChI is InChI=1S/C21H25ClFN5O2/c1-30-11-15(29)6-12-3-2-4-14(5-12)27-21-18(23)10-26-20(28-21)17-9-25-19-16(17)7-13(22)8-24-19/h7-10,12,14-15,29H,2-6,11H2,1H3,(H,24,25)(H,26,27,28). The lowest BCUT2D eigenvalue weighted by Gasteiger charge is -2.31. The minimum atomic E-state index is -0.490. The second-order valence-electron chi connectivity index (χ2n) is 7.86. The summed E-state index contributed by atoms with van der Waals surface area (Å²) in [5.41, 5.74) is 1.38. The van der Waals surface area contributed by atoms with Crippen molar-refractivity contribution in [1.29, 1.82) is 0 Å². The number of H-pyrrole nitrogens is 1. The van der Waals surface area contributed by atoms with Crippen molar-refractivity contribution in [2.45, 2.75) is 44.2 Å².